The van der Waals surface area contributed by atoms with Crippen LogP contribution >= 0.6 is 0 Å². The van der Waals surface area contributed by atoms with Crippen molar-refractivity contribution in [2.24, 2.45) is 11.5 Å². The first-order valence-corrected chi connectivity index (χ1v) is 5.99. The molecule has 0 saturated carbocycles. The van der Waals surface area contributed by atoms with Crippen LogP contribution in [0.3, 0.4) is 0 Å². The number of nitrogens with two attached hydrogens (primary N) is 2. The molecule has 0 aliphatic carbocycles. The molecule has 1 aliphatic heterocycles. The van der Waals surface area contributed by atoms with Gasteiger partial charge in [0.05, 0.1) is 0 Å². The van der Waals surface area contributed by atoms with Crippen LogP contribution in [0.2, 0.25) is 0 Å². The third-order valence-corrected chi connectivity index (χ3v) is 3.35. The van der Waals surface area contributed by atoms with Crippen molar-refractivity contribution in [2.45, 2.75) is 32.4 Å². The SMILES string of the molecule is Cc1ccc(N2CCCC2C(N)=O)c(CN)c1. The average molecular weight is 233 g/mol. The van der Waals surface area contributed by atoms with E-state index in [4.69, 9.17) is 11.5 Å². The predicted molar refractivity (Wildman–Crippen MR) is 68.6 cm³/mol. The van der Waals surface area contributed by atoms with Gasteiger partial charge < -0.3 is 16.4 Å². The second kappa shape index (κ2) is 4.75. The highest BCUT2D eigenvalue weighted by Crippen LogP contribution is 2.29. The number of carbonyl (C=O) groups excluding carboxylic acids is 1. The number of hydrogen-bond acceptors (Lipinski definition) is 3. The molecule has 92 valence electrons. The van der Waals surface area contributed by atoms with Gasteiger partial charge in [0.25, 0.3) is 0 Å². The number of primary amides is 1. The van der Waals surface area contributed by atoms with Crippen LogP contribution in [-0.4, -0.2) is 18.5 Å². The zero-order valence-corrected chi connectivity index (χ0v) is 10.1. The zero-order chi connectivity index (χ0) is 12.4. The van der Waals surface area contributed by atoms with Crippen LogP contribution in [0.1, 0.15) is 24.0 Å². The van der Waals surface area contributed by atoms with Crippen LogP contribution in [0.25, 0.3) is 0 Å². The molecule has 1 saturated heterocycles. The molecule has 1 amide bonds. The Hall–Kier alpha value is -1.55. The molecular formula is C13H19N3O. The highest BCUT2D eigenvalue weighted by molar-refractivity contribution is 5.84. The Balaban J connectivity index is 2.36. The van der Waals surface area contributed by atoms with E-state index >= 15 is 0 Å². The number of rotatable bonds is 3. The van der Waals surface area contributed by atoms with E-state index in [0.29, 0.717) is 6.54 Å². The minimum atomic E-state index is -0.244. The van der Waals surface area contributed by atoms with Crippen LogP contribution in [-0.2, 0) is 11.3 Å². The van der Waals surface area contributed by atoms with Crippen LogP contribution in [0.15, 0.2) is 18.2 Å². The summed E-state index contributed by atoms with van der Waals surface area (Å²) in [4.78, 5) is 13.5. The molecule has 1 atom stereocenters. The smallest absolute Gasteiger partial charge is 0.240 e. The summed E-state index contributed by atoms with van der Waals surface area (Å²) in [5.74, 6) is -0.244. The van der Waals surface area contributed by atoms with Crippen molar-refractivity contribution >= 4 is 11.6 Å². The Kier molecular flexibility index (Phi) is 3.33. The molecule has 17 heavy (non-hydrogen) atoms. The van der Waals surface area contributed by atoms with Gasteiger partial charge in [0.1, 0.15) is 6.04 Å². The first-order valence-electron chi connectivity index (χ1n) is 5.99. The lowest BCUT2D eigenvalue weighted by Crippen LogP contribution is -2.40. The molecular weight excluding hydrogens is 214 g/mol. The van der Waals surface area contributed by atoms with E-state index in [-0.39, 0.29) is 11.9 Å². The highest BCUT2D eigenvalue weighted by Gasteiger charge is 2.30. The fourth-order valence-electron chi connectivity index (χ4n) is 2.51. The van der Waals surface area contributed by atoms with E-state index in [2.05, 4.69) is 11.0 Å². The number of nitrogens with zero attached hydrogens (tertiary/aromatic N) is 1. The summed E-state index contributed by atoms with van der Waals surface area (Å²) >= 11 is 0. The standard InChI is InChI=1S/C13H19N3O/c1-9-4-5-11(10(7-9)8-14)16-6-2-3-12(16)13(15)17/h4-5,7,12H,2-3,6,8,14H2,1H3,(H2,15,17). The van der Waals surface area contributed by atoms with Crippen molar-refractivity contribution in [3.05, 3.63) is 29.3 Å². The summed E-state index contributed by atoms with van der Waals surface area (Å²) in [6.07, 6.45) is 1.85. The molecule has 0 spiro atoms. The lowest BCUT2D eigenvalue weighted by molar-refractivity contribution is -0.119. The molecule has 2 rings (SSSR count). The number of aryl methyl sites for hydroxylation is 1. The summed E-state index contributed by atoms with van der Waals surface area (Å²) in [7, 11) is 0. The Morgan fingerprint density at radius 2 is 2.29 bits per heavy atom. The van der Waals surface area contributed by atoms with Gasteiger partial charge in [-0.15, -0.1) is 0 Å². The number of anilines is 1. The predicted octanol–water partition coefficient (Wildman–Crippen LogP) is 0.908. The first kappa shape index (κ1) is 11.9. The monoisotopic (exact) mass is 233 g/mol. The maximum Gasteiger partial charge on any atom is 0.240 e. The van der Waals surface area contributed by atoms with Crippen molar-refractivity contribution in [1.29, 1.82) is 0 Å². The second-order valence-corrected chi connectivity index (χ2v) is 4.59. The molecule has 0 radical (unpaired) electrons. The number of benzene rings is 1. The summed E-state index contributed by atoms with van der Waals surface area (Å²) < 4.78 is 0. The van der Waals surface area contributed by atoms with Crippen LogP contribution < -0.4 is 16.4 Å². The minimum absolute atomic E-state index is 0.178. The number of hydrogen-bond donors (Lipinski definition) is 2. The summed E-state index contributed by atoms with van der Waals surface area (Å²) in [5.41, 5.74) is 14.5. The van der Waals surface area contributed by atoms with Crippen molar-refractivity contribution in [1.82, 2.24) is 0 Å². The molecule has 1 aromatic rings. The molecule has 1 fully saturated rings. The Morgan fingerprint density at radius 3 is 2.94 bits per heavy atom. The van der Waals surface area contributed by atoms with E-state index in [1.165, 1.54) is 5.56 Å². The summed E-state index contributed by atoms with van der Waals surface area (Å²) in [5, 5.41) is 0. The van der Waals surface area contributed by atoms with E-state index in [1.54, 1.807) is 0 Å². The van der Waals surface area contributed by atoms with E-state index < -0.39 is 0 Å². The first-order chi connectivity index (χ1) is 8.13. The molecule has 0 bridgehead atoms. The molecule has 4 heteroatoms. The van der Waals surface area contributed by atoms with Crippen LogP contribution in [0.4, 0.5) is 5.69 Å². The van der Waals surface area contributed by atoms with Gasteiger partial charge in [0.2, 0.25) is 5.91 Å². The lowest BCUT2D eigenvalue weighted by Gasteiger charge is -2.26. The maximum absolute atomic E-state index is 11.4. The highest BCUT2D eigenvalue weighted by atomic mass is 16.1. The van der Waals surface area contributed by atoms with Gasteiger partial charge in [0, 0.05) is 18.8 Å². The van der Waals surface area contributed by atoms with Crippen molar-refractivity contribution in [3.63, 3.8) is 0 Å². The Bertz CT molecular complexity index is 431. The maximum atomic E-state index is 11.4. The Morgan fingerprint density at radius 1 is 1.53 bits per heavy atom. The van der Waals surface area contributed by atoms with Gasteiger partial charge >= 0.3 is 0 Å². The minimum Gasteiger partial charge on any atom is -0.368 e. The van der Waals surface area contributed by atoms with Crippen molar-refractivity contribution < 1.29 is 4.79 Å². The lowest BCUT2D eigenvalue weighted by atomic mass is 10.1. The van der Waals surface area contributed by atoms with Gasteiger partial charge in [-0.3, -0.25) is 4.79 Å². The number of amides is 1. The van der Waals surface area contributed by atoms with Crippen molar-refractivity contribution in [3.8, 4) is 0 Å². The fraction of sp³-hybridized carbons (Fsp3) is 0.462. The quantitative estimate of drug-likeness (QED) is 0.815. The number of carbonyl (C=O) groups is 1. The van der Waals surface area contributed by atoms with Gasteiger partial charge in [0.15, 0.2) is 0 Å². The topological polar surface area (TPSA) is 72.3 Å². The van der Waals surface area contributed by atoms with E-state index in [1.807, 2.05) is 19.1 Å². The summed E-state index contributed by atoms with van der Waals surface area (Å²) in [6.45, 7) is 3.40. The molecule has 4 nitrogen and oxygen atoms in total. The van der Waals surface area contributed by atoms with Crippen LogP contribution in [0, 0.1) is 6.92 Å². The van der Waals surface area contributed by atoms with Gasteiger partial charge in [-0.2, -0.15) is 0 Å². The Labute approximate surface area is 102 Å². The fourth-order valence-corrected chi connectivity index (χ4v) is 2.51. The van der Waals surface area contributed by atoms with Gasteiger partial charge in [-0.25, -0.2) is 0 Å². The molecule has 1 unspecified atom stereocenters. The van der Waals surface area contributed by atoms with E-state index in [9.17, 15) is 4.79 Å². The molecule has 0 aromatic heterocycles. The normalized spacial score (nSPS) is 19.6. The molecule has 1 heterocycles. The molecule has 4 N–H and O–H groups in total. The summed E-state index contributed by atoms with van der Waals surface area (Å²) in [6, 6.07) is 5.98. The third-order valence-electron chi connectivity index (χ3n) is 3.35. The molecule has 1 aliphatic rings. The largest absolute Gasteiger partial charge is 0.368 e. The van der Waals surface area contributed by atoms with Gasteiger partial charge in [-0.1, -0.05) is 17.7 Å². The zero-order valence-electron chi connectivity index (χ0n) is 10.1. The third kappa shape index (κ3) is 2.26. The van der Waals surface area contributed by atoms with Crippen molar-refractivity contribution in [2.75, 3.05) is 11.4 Å². The van der Waals surface area contributed by atoms with E-state index in [0.717, 1.165) is 30.6 Å². The molecule has 1 aromatic carbocycles. The van der Waals surface area contributed by atoms with Gasteiger partial charge in [-0.05, 0) is 31.4 Å². The van der Waals surface area contributed by atoms with Crippen LogP contribution in [0.5, 0.6) is 0 Å². The second-order valence-electron chi connectivity index (χ2n) is 4.59. The average Bonchev–Trinajstić information content (AvgIpc) is 2.77.